The van der Waals surface area contributed by atoms with Gasteiger partial charge in [-0.3, -0.25) is 0 Å². The molecule has 1 atom stereocenters. The Morgan fingerprint density at radius 2 is 1.48 bits per heavy atom. The summed E-state index contributed by atoms with van der Waals surface area (Å²) in [6.45, 7) is 2.63. The molecule has 0 aliphatic rings. The van der Waals surface area contributed by atoms with Crippen molar-refractivity contribution in [1.82, 2.24) is 0 Å². The van der Waals surface area contributed by atoms with Gasteiger partial charge in [0.1, 0.15) is 11.5 Å². The summed E-state index contributed by atoms with van der Waals surface area (Å²) in [5, 5.41) is 0. The zero-order valence-electron chi connectivity index (χ0n) is 11.7. The molecule has 2 aromatic carbocycles. The van der Waals surface area contributed by atoms with E-state index >= 15 is 0 Å². The van der Waals surface area contributed by atoms with Crippen molar-refractivity contribution in [3.63, 3.8) is 0 Å². The molecular weight excluding hydrogens is 464 g/mol. The first kappa shape index (κ1) is 16.8. The predicted molar refractivity (Wildman–Crippen MR) is 96.8 cm³/mol. The third-order valence-electron chi connectivity index (χ3n) is 3.02. The highest BCUT2D eigenvalue weighted by Crippen LogP contribution is 2.37. The van der Waals surface area contributed by atoms with Crippen LogP contribution in [0.3, 0.4) is 0 Å². The minimum Gasteiger partial charge on any atom is -0.496 e. The van der Waals surface area contributed by atoms with Gasteiger partial charge in [-0.25, -0.2) is 0 Å². The van der Waals surface area contributed by atoms with E-state index in [9.17, 15) is 0 Å². The predicted octanol–water partition coefficient (Wildman–Crippen LogP) is 6.10. The lowest BCUT2D eigenvalue weighted by Gasteiger charge is -2.14. The van der Waals surface area contributed by atoms with E-state index in [1.807, 2.05) is 25.1 Å². The van der Waals surface area contributed by atoms with E-state index in [4.69, 9.17) is 9.47 Å². The lowest BCUT2D eigenvalue weighted by atomic mass is 10.0. The fourth-order valence-corrected chi connectivity index (χ4v) is 3.62. The van der Waals surface area contributed by atoms with Gasteiger partial charge in [-0.05, 0) is 74.2 Å². The van der Waals surface area contributed by atoms with Crippen LogP contribution in [0.1, 0.15) is 22.9 Å². The molecule has 0 saturated heterocycles. The minimum atomic E-state index is 0.103. The zero-order chi connectivity index (χ0) is 15.4. The highest BCUT2D eigenvalue weighted by atomic mass is 79.9. The van der Waals surface area contributed by atoms with Gasteiger partial charge in [0.05, 0.1) is 27.5 Å². The molecule has 0 bridgehead atoms. The zero-order valence-corrected chi connectivity index (χ0v) is 16.5. The third kappa shape index (κ3) is 4.02. The van der Waals surface area contributed by atoms with Crippen molar-refractivity contribution in [1.29, 1.82) is 0 Å². The molecule has 0 amide bonds. The van der Waals surface area contributed by atoms with E-state index in [0.29, 0.717) is 6.61 Å². The van der Waals surface area contributed by atoms with E-state index in [-0.39, 0.29) is 4.83 Å². The van der Waals surface area contributed by atoms with Gasteiger partial charge in [0.15, 0.2) is 0 Å². The summed E-state index contributed by atoms with van der Waals surface area (Å²) in [5.41, 5.74) is 2.31. The van der Waals surface area contributed by atoms with Crippen LogP contribution in [0, 0.1) is 0 Å². The summed E-state index contributed by atoms with van der Waals surface area (Å²) in [7, 11) is 1.66. The number of ether oxygens (including phenoxy) is 2. The van der Waals surface area contributed by atoms with E-state index in [1.165, 1.54) is 0 Å². The number of rotatable bonds is 5. The van der Waals surface area contributed by atoms with Crippen molar-refractivity contribution in [2.24, 2.45) is 0 Å². The Hall–Kier alpha value is -0.520. The maximum atomic E-state index is 5.54. The lowest BCUT2D eigenvalue weighted by molar-refractivity contribution is 0.338. The van der Waals surface area contributed by atoms with Crippen molar-refractivity contribution < 1.29 is 9.47 Å². The molecule has 112 valence electrons. The molecule has 0 fully saturated rings. The fourth-order valence-electron chi connectivity index (χ4n) is 1.98. The van der Waals surface area contributed by atoms with Gasteiger partial charge in [-0.1, -0.05) is 28.1 Å². The normalized spacial score (nSPS) is 12.0. The number of benzene rings is 2. The molecule has 2 nitrogen and oxygen atoms in total. The van der Waals surface area contributed by atoms with Gasteiger partial charge in [0, 0.05) is 0 Å². The second-order valence-corrected chi connectivity index (χ2v) is 7.00. The van der Waals surface area contributed by atoms with Gasteiger partial charge in [-0.2, -0.15) is 0 Å². The Balaban J connectivity index is 2.29. The quantitative estimate of drug-likeness (QED) is 0.483. The second kappa shape index (κ2) is 7.65. The monoisotopic (exact) mass is 476 g/mol. The topological polar surface area (TPSA) is 18.5 Å². The molecule has 0 saturated carbocycles. The van der Waals surface area contributed by atoms with Crippen molar-refractivity contribution in [2.75, 3.05) is 13.7 Å². The molecular formula is C16H15Br3O2. The van der Waals surface area contributed by atoms with E-state index in [2.05, 4.69) is 66.0 Å². The number of halogens is 3. The summed E-state index contributed by atoms with van der Waals surface area (Å²) in [4.78, 5) is 0.103. The first-order chi connectivity index (χ1) is 10.1. The lowest BCUT2D eigenvalue weighted by Crippen LogP contribution is -1.96. The first-order valence-electron chi connectivity index (χ1n) is 6.46. The minimum absolute atomic E-state index is 0.103. The maximum absolute atomic E-state index is 5.54. The van der Waals surface area contributed by atoms with E-state index < -0.39 is 0 Å². The SMILES string of the molecule is CCOc1ccc(C(Br)c2ccc(OC)c(Br)c2)cc1Br. The number of hydrogen-bond donors (Lipinski definition) is 0. The molecule has 1 unspecified atom stereocenters. The number of methoxy groups -OCH3 is 1. The molecule has 0 aliphatic carbocycles. The summed E-state index contributed by atoms with van der Waals surface area (Å²) >= 11 is 10.8. The van der Waals surface area contributed by atoms with Gasteiger partial charge < -0.3 is 9.47 Å². The average molecular weight is 479 g/mol. The van der Waals surface area contributed by atoms with Crippen molar-refractivity contribution in [2.45, 2.75) is 11.8 Å². The third-order valence-corrected chi connectivity index (χ3v) is 5.31. The van der Waals surface area contributed by atoms with Crippen LogP contribution in [-0.2, 0) is 0 Å². The average Bonchev–Trinajstić information content (AvgIpc) is 2.48. The standard InChI is InChI=1S/C16H15Br3O2/c1-3-21-15-7-5-11(9-13(15)18)16(19)10-4-6-14(20-2)12(17)8-10/h4-9,16H,3H2,1-2H3. The van der Waals surface area contributed by atoms with E-state index in [1.54, 1.807) is 7.11 Å². The summed E-state index contributed by atoms with van der Waals surface area (Å²) in [6, 6.07) is 12.2. The smallest absolute Gasteiger partial charge is 0.133 e. The second-order valence-electron chi connectivity index (χ2n) is 4.38. The van der Waals surface area contributed by atoms with Crippen molar-refractivity contribution in [3.8, 4) is 11.5 Å². The molecule has 0 spiro atoms. The van der Waals surface area contributed by atoms with Gasteiger partial charge in [0.25, 0.3) is 0 Å². The summed E-state index contributed by atoms with van der Waals surface area (Å²) < 4.78 is 12.7. The molecule has 21 heavy (non-hydrogen) atoms. The van der Waals surface area contributed by atoms with Crippen molar-refractivity contribution in [3.05, 3.63) is 56.5 Å². The van der Waals surface area contributed by atoms with Crippen LogP contribution < -0.4 is 9.47 Å². The Labute approximate surface area is 150 Å². The van der Waals surface area contributed by atoms with Gasteiger partial charge >= 0.3 is 0 Å². The molecule has 0 heterocycles. The maximum Gasteiger partial charge on any atom is 0.133 e. The first-order valence-corrected chi connectivity index (χ1v) is 8.96. The Bertz CT molecular complexity index is 629. The van der Waals surface area contributed by atoms with E-state index in [0.717, 1.165) is 31.6 Å². The van der Waals surface area contributed by atoms with Crippen LogP contribution >= 0.6 is 47.8 Å². The molecule has 0 aromatic heterocycles. The van der Waals surface area contributed by atoms with Gasteiger partial charge in [0.2, 0.25) is 0 Å². The molecule has 0 aliphatic heterocycles. The Morgan fingerprint density at radius 1 is 0.952 bits per heavy atom. The van der Waals surface area contributed by atoms with Crippen LogP contribution in [0.25, 0.3) is 0 Å². The Kier molecular flexibility index (Phi) is 6.14. The molecule has 0 N–H and O–H groups in total. The van der Waals surface area contributed by atoms with Crippen LogP contribution in [-0.4, -0.2) is 13.7 Å². The number of hydrogen-bond acceptors (Lipinski definition) is 2. The fraction of sp³-hybridized carbons (Fsp3) is 0.250. The molecule has 2 aromatic rings. The molecule has 5 heteroatoms. The summed E-state index contributed by atoms with van der Waals surface area (Å²) in [5.74, 6) is 1.68. The van der Waals surface area contributed by atoms with Crippen LogP contribution in [0.4, 0.5) is 0 Å². The highest BCUT2D eigenvalue weighted by Gasteiger charge is 2.14. The highest BCUT2D eigenvalue weighted by molar-refractivity contribution is 9.11. The van der Waals surface area contributed by atoms with Crippen LogP contribution in [0.2, 0.25) is 0 Å². The van der Waals surface area contributed by atoms with Crippen LogP contribution in [0.15, 0.2) is 45.3 Å². The molecule has 0 radical (unpaired) electrons. The Morgan fingerprint density at radius 3 is 1.90 bits per heavy atom. The summed E-state index contributed by atoms with van der Waals surface area (Å²) in [6.07, 6.45) is 0. The van der Waals surface area contributed by atoms with Crippen molar-refractivity contribution >= 4 is 47.8 Å². The van der Waals surface area contributed by atoms with Gasteiger partial charge in [-0.15, -0.1) is 0 Å². The van der Waals surface area contributed by atoms with Crippen LogP contribution in [0.5, 0.6) is 11.5 Å². The largest absolute Gasteiger partial charge is 0.496 e. The molecule has 2 rings (SSSR count). The number of alkyl halides is 1.